The number of benzene rings is 2. The molecule has 2 rings (SSSR count). The van der Waals surface area contributed by atoms with Crippen molar-refractivity contribution in [2.75, 3.05) is 12.4 Å². The van der Waals surface area contributed by atoms with E-state index in [1.165, 1.54) is 5.56 Å². The maximum Gasteiger partial charge on any atom is 0.255 e. The number of carbonyl (C=O) groups is 1. The number of methoxy groups -OCH3 is 1. The number of halogens is 1. The van der Waals surface area contributed by atoms with Crippen LogP contribution < -0.4 is 10.1 Å². The second-order valence-corrected chi connectivity index (χ2v) is 5.31. The molecule has 98 valence electrons. The summed E-state index contributed by atoms with van der Waals surface area (Å²) in [6, 6.07) is 12.9. The van der Waals surface area contributed by atoms with Crippen LogP contribution in [0.3, 0.4) is 0 Å². The lowest BCUT2D eigenvalue weighted by molar-refractivity contribution is 0.102. The first-order valence-corrected chi connectivity index (χ1v) is 6.89. The van der Waals surface area contributed by atoms with Crippen LogP contribution in [0.4, 0.5) is 5.69 Å². The van der Waals surface area contributed by atoms with E-state index in [1.54, 1.807) is 25.3 Å². The SMILES string of the molecule is COc1cccc(C(=O)Nc2ccc(C)c(I)c2)c1. The van der Waals surface area contributed by atoms with Gasteiger partial charge in [-0.1, -0.05) is 12.1 Å². The van der Waals surface area contributed by atoms with E-state index < -0.39 is 0 Å². The van der Waals surface area contributed by atoms with Crippen molar-refractivity contribution < 1.29 is 9.53 Å². The monoisotopic (exact) mass is 367 g/mol. The van der Waals surface area contributed by atoms with Crippen molar-refractivity contribution in [1.82, 2.24) is 0 Å². The first kappa shape index (κ1) is 13.9. The van der Waals surface area contributed by atoms with Gasteiger partial charge in [-0.2, -0.15) is 0 Å². The number of carbonyl (C=O) groups excluding carboxylic acids is 1. The minimum absolute atomic E-state index is 0.140. The lowest BCUT2D eigenvalue weighted by atomic mass is 10.2. The Morgan fingerprint density at radius 1 is 1.21 bits per heavy atom. The van der Waals surface area contributed by atoms with Gasteiger partial charge in [-0.3, -0.25) is 4.79 Å². The third-order valence-corrected chi connectivity index (χ3v) is 3.92. The van der Waals surface area contributed by atoms with Crippen LogP contribution in [0.5, 0.6) is 5.75 Å². The van der Waals surface area contributed by atoms with Gasteiger partial charge in [-0.05, 0) is 65.4 Å². The van der Waals surface area contributed by atoms with Gasteiger partial charge in [-0.15, -0.1) is 0 Å². The molecule has 0 spiro atoms. The molecule has 0 atom stereocenters. The maximum absolute atomic E-state index is 12.1. The summed E-state index contributed by atoms with van der Waals surface area (Å²) in [5.41, 5.74) is 2.57. The number of rotatable bonds is 3. The van der Waals surface area contributed by atoms with E-state index in [2.05, 4.69) is 27.9 Å². The van der Waals surface area contributed by atoms with Crippen molar-refractivity contribution in [3.05, 3.63) is 57.2 Å². The highest BCUT2D eigenvalue weighted by Crippen LogP contribution is 2.19. The predicted molar refractivity (Wildman–Crippen MR) is 84.8 cm³/mol. The second kappa shape index (κ2) is 6.06. The van der Waals surface area contributed by atoms with Crippen molar-refractivity contribution in [2.45, 2.75) is 6.92 Å². The van der Waals surface area contributed by atoms with Gasteiger partial charge < -0.3 is 10.1 Å². The Kier molecular flexibility index (Phi) is 4.42. The fourth-order valence-corrected chi connectivity index (χ4v) is 2.15. The summed E-state index contributed by atoms with van der Waals surface area (Å²) in [4.78, 5) is 12.1. The average molecular weight is 367 g/mol. The van der Waals surface area contributed by atoms with Gasteiger partial charge in [-0.25, -0.2) is 0 Å². The van der Waals surface area contributed by atoms with Crippen molar-refractivity contribution in [3.8, 4) is 5.75 Å². The second-order valence-electron chi connectivity index (χ2n) is 4.15. The fourth-order valence-electron chi connectivity index (χ4n) is 1.64. The number of anilines is 1. The van der Waals surface area contributed by atoms with Gasteiger partial charge in [0.25, 0.3) is 5.91 Å². The van der Waals surface area contributed by atoms with Gasteiger partial charge in [0.2, 0.25) is 0 Å². The van der Waals surface area contributed by atoms with Crippen LogP contribution in [0.25, 0.3) is 0 Å². The van der Waals surface area contributed by atoms with Gasteiger partial charge in [0, 0.05) is 14.8 Å². The van der Waals surface area contributed by atoms with E-state index in [0.29, 0.717) is 11.3 Å². The molecule has 0 aliphatic carbocycles. The Hall–Kier alpha value is -1.56. The standard InChI is InChI=1S/C15H14INO2/c1-10-6-7-12(9-14(10)16)17-15(18)11-4-3-5-13(8-11)19-2/h3-9H,1-2H3,(H,17,18). The van der Waals surface area contributed by atoms with Crippen LogP contribution in [0.2, 0.25) is 0 Å². The first-order chi connectivity index (χ1) is 9.10. The number of aryl methyl sites for hydroxylation is 1. The van der Waals surface area contributed by atoms with E-state index in [-0.39, 0.29) is 5.91 Å². The number of ether oxygens (including phenoxy) is 1. The van der Waals surface area contributed by atoms with Crippen LogP contribution in [0.15, 0.2) is 42.5 Å². The molecule has 0 fully saturated rings. The molecule has 0 saturated heterocycles. The lowest BCUT2D eigenvalue weighted by Gasteiger charge is -2.08. The molecular formula is C15H14INO2. The zero-order valence-corrected chi connectivity index (χ0v) is 12.9. The molecule has 19 heavy (non-hydrogen) atoms. The van der Waals surface area contributed by atoms with Gasteiger partial charge in [0.05, 0.1) is 7.11 Å². The molecule has 2 aromatic carbocycles. The average Bonchev–Trinajstić information content (AvgIpc) is 2.43. The van der Waals surface area contributed by atoms with E-state index in [0.717, 1.165) is 9.26 Å². The van der Waals surface area contributed by atoms with Crippen LogP contribution in [0, 0.1) is 10.5 Å². The normalized spacial score (nSPS) is 10.1. The van der Waals surface area contributed by atoms with Crippen LogP contribution in [0.1, 0.15) is 15.9 Å². The summed E-state index contributed by atoms with van der Waals surface area (Å²) < 4.78 is 6.23. The van der Waals surface area contributed by atoms with Crippen molar-refractivity contribution in [2.24, 2.45) is 0 Å². The Balaban J connectivity index is 2.18. The topological polar surface area (TPSA) is 38.3 Å². The Morgan fingerprint density at radius 3 is 2.68 bits per heavy atom. The van der Waals surface area contributed by atoms with Crippen molar-refractivity contribution in [3.63, 3.8) is 0 Å². The predicted octanol–water partition coefficient (Wildman–Crippen LogP) is 3.86. The van der Waals surface area contributed by atoms with Gasteiger partial charge in [0.15, 0.2) is 0 Å². The summed E-state index contributed by atoms with van der Waals surface area (Å²) in [6.07, 6.45) is 0. The zero-order valence-electron chi connectivity index (χ0n) is 10.7. The van der Waals surface area contributed by atoms with E-state index >= 15 is 0 Å². The molecular weight excluding hydrogens is 353 g/mol. The highest BCUT2D eigenvalue weighted by atomic mass is 127. The molecule has 1 N–H and O–H groups in total. The smallest absolute Gasteiger partial charge is 0.255 e. The summed E-state index contributed by atoms with van der Waals surface area (Å²) in [5.74, 6) is 0.532. The Labute approximate surface area is 126 Å². The highest BCUT2D eigenvalue weighted by Gasteiger charge is 2.07. The van der Waals surface area contributed by atoms with Gasteiger partial charge >= 0.3 is 0 Å². The van der Waals surface area contributed by atoms with E-state index in [1.807, 2.05) is 31.2 Å². The molecule has 3 nitrogen and oxygen atoms in total. The molecule has 4 heteroatoms. The number of hydrogen-bond donors (Lipinski definition) is 1. The molecule has 0 aliphatic rings. The molecule has 0 unspecified atom stereocenters. The largest absolute Gasteiger partial charge is 0.497 e. The minimum atomic E-state index is -0.140. The third kappa shape index (κ3) is 3.47. The van der Waals surface area contributed by atoms with Crippen LogP contribution in [-0.4, -0.2) is 13.0 Å². The first-order valence-electron chi connectivity index (χ1n) is 5.81. The molecule has 0 heterocycles. The molecule has 0 radical (unpaired) electrons. The Morgan fingerprint density at radius 2 is 2.00 bits per heavy atom. The quantitative estimate of drug-likeness (QED) is 0.837. The van der Waals surface area contributed by atoms with E-state index in [9.17, 15) is 4.79 Å². The molecule has 1 amide bonds. The Bertz CT molecular complexity index is 611. The molecule has 0 aliphatic heterocycles. The zero-order chi connectivity index (χ0) is 13.8. The number of amides is 1. The highest BCUT2D eigenvalue weighted by molar-refractivity contribution is 14.1. The fraction of sp³-hybridized carbons (Fsp3) is 0.133. The summed E-state index contributed by atoms with van der Waals surface area (Å²) >= 11 is 2.25. The summed E-state index contributed by atoms with van der Waals surface area (Å²) in [6.45, 7) is 2.04. The van der Waals surface area contributed by atoms with Crippen LogP contribution in [-0.2, 0) is 0 Å². The summed E-state index contributed by atoms with van der Waals surface area (Å²) in [7, 11) is 1.58. The number of nitrogens with one attached hydrogen (secondary N) is 1. The summed E-state index contributed by atoms with van der Waals surface area (Å²) in [5, 5.41) is 2.88. The third-order valence-electron chi connectivity index (χ3n) is 2.76. The molecule has 0 bridgehead atoms. The molecule has 0 aromatic heterocycles. The van der Waals surface area contributed by atoms with Crippen LogP contribution >= 0.6 is 22.6 Å². The molecule has 0 saturated carbocycles. The van der Waals surface area contributed by atoms with Gasteiger partial charge in [0.1, 0.15) is 5.75 Å². The van der Waals surface area contributed by atoms with Crippen molar-refractivity contribution in [1.29, 1.82) is 0 Å². The molecule has 2 aromatic rings. The van der Waals surface area contributed by atoms with Crippen molar-refractivity contribution >= 4 is 34.2 Å². The minimum Gasteiger partial charge on any atom is -0.497 e. The number of hydrogen-bond acceptors (Lipinski definition) is 2. The van der Waals surface area contributed by atoms with E-state index in [4.69, 9.17) is 4.74 Å². The lowest BCUT2D eigenvalue weighted by Crippen LogP contribution is -2.12. The maximum atomic E-state index is 12.1.